The second kappa shape index (κ2) is 4.85. The average molecular weight is 190 g/mol. The van der Waals surface area contributed by atoms with Gasteiger partial charge in [0.1, 0.15) is 5.76 Å². The molecule has 0 fully saturated rings. The number of aryl methyl sites for hydroxylation is 2. The molecule has 0 amide bonds. The molecule has 0 aromatic heterocycles. The molecule has 0 heterocycles. The molecule has 0 saturated carbocycles. The molecule has 0 aliphatic rings. The fraction of sp³-hybridized carbons (Fsp3) is 0.385. The normalized spacial score (nSPS) is 11.8. The lowest BCUT2D eigenvalue weighted by atomic mass is 10.0. The maximum Gasteiger partial charge on any atom is 0.119 e. The van der Waals surface area contributed by atoms with Crippen molar-refractivity contribution in [3.8, 4) is 0 Å². The Morgan fingerprint density at radius 3 is 2.64 bits per heavy atom. The van der Waals surface area contributed by atoms with Gasteiger partial charge in [-0.3, -0.25) is 0 Å². The van der Waals surface area contributed by atoms with Gasteiger partial charge in [-0.05, 0) is 37.5 Å². The van der Waals surface area contributed by atoms with Crippen molar-refractivity contribution in [1.82, 2.24) is 0 Å². The second-order valence-electron chi connectivity index (χ2n) is 3.51. The zero-order valence-corrected chi connectivity index (χ0v) is 9.17. The minimum absolute atomic E-state index is 0.410. The summed E-state index contributed by atoms with van der Waals surface area (Å²) in [6.07, 6.45) is 3.67. The van der Waals surface area contributed by atoms with Crippen molar-refractivity contribution in [2.75, 3.05) is 0 Å². The van der Waals surface area contributed by atoms with Crippen LogP contribution in [0.25, 0.3) is 5.76 Å². The van der Waals surface area contributed by atoms with Crippen molar-refractivity contribution in [2.24, 2.45) is 0 Å². The van der Waals surface area contributed by atoms with Crippen molar-refractivity contribution < 1.29 is 5.11 Å². The SMILES string of the molecule is CCC=C(O)c1cc(C)ccc1CC. The number of aliphatic hydroxyl groups excluding tert-OH is 1. The van der Waals surface area contributed by atoms with E-state index in [9.17, 15) is 5.11 Å². The van der Waals surface area contributed by atoms with Crippen molar-refractivity contribution >= 4 is 5.76 Å². The molecule has 76 valence electrons. The number of rotatable bonds is 3. The maximum atomic E-state index is 9.82. The Bertz CT molecular complexity index is 337. The zero-order valence-electron chi connectivity index (χ0n) is 9.17. The van der Waals surface area contributed by atoms with E-state index in [-0.39, 0.29) is 0 Å². The molecule has 0 bridgehead atoms. The lowest BCUT2D eigenvalue weighted by Gasteiger charge is -2.08. The highest BCUT2D eigenvalue weighted by molar-refractivity contribution is 5.62. The molecule has 0 spiro atoms. The van der Waals surface area contributed by atoms with E-state index in [0.29, 0.717) is 5.76 Å². The minimum atomic E-state index is 0.410. The van der Waals surface area contributed by atoms with Gasteiger partial charge in [0.25, 0.3) is 0 Å². The Morgan fingerprint density at radius 1 is 1.36 bits per heavy atom. The summed E-state index contributed by atoms with van der Waals surface area (Å²) in [4.78, 5) is 0. The summed E-state index contributed by atoms with van der Waals surface area (Å²) in [6, 6.07) is 6.21. The Balaban J connectivity index is 3.16. The molecule has 0 radical (unpaired) electrons. The molecule has 14 heavy (non-hydrogen) atoms. The van der Waals surface area contributed by atoms with Crippen LogP contribution in [0.4, 0.5) is 0 Å². The first-order valence-electron chi connectivity index (χ1n) is 5.18. The molecule has 1 aromatic rings. The zero-order chi connectivity index (χ0) is 10.6. The lowest BCUT2D eigenvalue weighted by molar-refractivity contribution is 0.508. The lowest BCUT2D eigenvalue weighted by Crippen LogP contribution is -1.92. The van der Waals surface area contributed by atoms with Gasteiger partial charge >= 0.3 is 0 Å². The van der Waals surface area contributed by atoms with Crippen LogP contribution in [0.3, 0.4) is 0 Å². The van der Waals surface area contributed by atoms with Crippen LogP contribution in [0.15, 0.2) is 24.3 Å². The Hall–Kier alpha value is -1.24. The van der Waals surface area contributed by atoms with E-state index in [1.54, 1.807) is 0 Å². The number of hydrogen-bond acceptors (Lipinski definition) is 1. The highest BCUT2D eigenvalue weighted by Crippen LogP contribution is 2.19. The summed E-state index contributed by atoms with van der Waals surface area (Å²) in [5, 5.41) is 9.82. The number of hydrogen-bond donors (Lipinski definition) is 1. The molecular formula is C13H18O. The first-order chi connectivity index (χ1) is 6.69. The summed E-state index contributed by atoms with van der Waals surface area (Å²) in [7, 11) is 0. The van der Waals surface area contributed by atoms with Crippen molar-refractivity contribution in [2.45, 2.75) is 33.6 Å². The summed E-state index contributed by atoms with van der Waals surface area (Å²) in [5.74, 6) is 0.410. The molecule has 0 atom stereocenters. The fourth-order valence-corrected chi connectivity index (χ4v) is 1.54. The van der Waals surface area contributed by atoms with E-state index in [1.165, 1.54) is 11.1 Å². The number of benzene rings is 1. The van der Waals surface area contributed by atoms with Gasteiger partial charge in [-0.2, -0.15) is 0 Å². The Kier molecular flexibility index (Phi) is 3.75. The molecule has 0 aliphatic carbocycles. The van der Waals surface area contributed by atoms with Crippen molar-refractivity contribution in [3.63, 3.8) is 0 Å². The van der Waals surface area contributed by atoms with E-state index in [4.69, 9.17) is 0 Å². The van der Waals surface area contributed by atoms with Crippen LogP contribution in [0.2, 0.25) is 0 Å². The number of aliphatic hydroxyl groups is 1. The van der Waals surface area contributed by atoms with Crippen LogP contribution in [0.1, 0.15) is 37.0 Å². The molecule has 0 saturated heterocycles. The minimum Gasteiger partial charge on any atom is -0.508 e. The summed E-state index contributed by atoms with van der Waals surface area (Å²) in [5.41, 5.74) is 3.38. The Labute approximate surface area is 86.1 Å². The topological polar surface area (TPSA) is 20.2 Å². The molecular weight excluding hydrogens is 172 g/mol. The highest BCUT2D eigenvalue weighted by Gasteiger charge is 2.04. The largest absolute Gasteiger partial charge is 0.508 e. The molecule has 1 rings (SSSR count). The smallest absolute Gasteiger partial charge is 0.119 e. The molecule has 1 heteroatoms. The summed E-state index contributed by atoms with van der Waals surface area (Å²) in [6.45, 7) is 6.17. The third kappa shape index (κ3) is 2.38. The second-order valence-corrected chi connectivity index (χ2v) is 3.51. The third-order valence-electron chi connectivity index (χ3n) is 2.32. The van der Waals surface area contributed by atoms with Gasteiger partial charge in [-0.1, -0.05) is 31.5 Å². The van der Waals surface area contributed by atoms with Gasteiger partial charge in [0.15, 0.2) is 0 Å². The highest BCUT2D eigenvalue weighted by atomic mass is 16.3. The van der Waals surface area contributed by atoms with Gasteiger partial charge in [0.05, 0.1) is 0 Å². The predicted octanol–water partition coefficient (Wildman–Crippen LogP) is 3.87. The van der Waals surface area contributed by atoms with E-state index >= 15 is 0 Å². The first kappa shape index (κ1) is 10.8. The van der Waals surface area contributed by atoms with Crippen LogP contribution < -0.4 is 0 Å². The summed E-state index contributed by atoms with van der Waals surface area (Å²) >= 11 is 0. The van der Waals surface area contributed by atoms with Gasteiger partial charge in [0.2, 0.25) is 0 Å². The number of allylic oxidation sites excluding steroid dienone is 1. The van der Waals surface area contributed by atoms with Gasteiger partial charge in [-0.15, -0.1) is 0 Å². The van der Waals surface area contributed by atoms with Crippen LogP contribution in [-0.2, 0) is 6.42 Å². The van der Waals surface area contributed by atoms with Gasteiger partial charge < -0.3 is 5.11 Å². The molecule has 0 aliphatic heterocycles. The molecule has 1 aromatic carbocycles. The maximum absolute atomic E-state index is 9.82. The van der Waals surface area contributed by atoms with Gasteiger partial charge in [-0.25, -0.2) is 0 Å². The molecule has 1 nitrogen and oxygen atoms in total. The first-order valence-corrected chi connectivity index (χ1v) is 5.18. The van der Waals surface area contributed by atoms with Crippen molar-refractivity contribution in [3.05, 3.63) is 41.0 Å². The molecule has 0 unspecified atom stereocenters. The molecule has 1 N–H and O–H groups in total. The third-order valence-corrected chi connectivity index (χ3v) is 2.32. The standard InChI is InChI=1S/C13H18O/c1-4-6-13(14)12-9-10(3)7-8-11(12)5-2/h6-9,14H,4-5H2,1-3H3. The predicted molar refractivity (Wildman–Crippen MR) is 61.5 cm³/mol. The average Bonchev–Trinajstić information content (AvgIpc) is 2.18. The Morgan fingerprint density at radius 2 is 2.07 bits per heavy atom. The quantitative estimate of drug-likeness (QED) is 0.717. The van der Waals surface area contributed by atoms with Crippen LogP contribution in [0, 0.1) is 6.92 Å². The monoisotopic (exact) mass is 190 g/mol. The van der Waals surface area contributed by atoms with E-state index in [0.717, 1.165) is 18.4 Å². The van der Waals surface area contributed by atoms with Crippen LogP contribution in [0.5, 0.6) is 0 Å². The van der Waals surface area contributed by atoms with E-state index in [1.807, 2.05) is 26.0 Å². The van der Waals surface area contributed by atoms with Crippen molar-refractivity contribution in [1.29, 1.82) is 0 Å². The summed E-state index contributed by atoms with van der Waals surface area (Å²) < 4.78 is 0. The van der Waals surface area contributed by atoms with E-state index < -0.39 is 0 Å². The van der Waals surface area contributed by atoms with Gasteiger partial charge in [0, 0.05) is 5.56 Å². The van der Waals surface area contributed by atoms with E-state index in [2.05, 4.69) is 19.1 Å². The fourth-order valence-electron chi connectivity index (χ4n) is 1.54. The van der Waals surface area contributed by atoms with Crippen LogP contribution >= 0.6 is 0 Å². The van der Waals surface area contributed by atoms with Crippen LogP contribution in [-0.4, -0.2) is 5.11 Å².